The van der Waals surface area contributed by atoms with Gasteiger partial charge in [0.25, 0.3) is 0 Å². The molecule has 2 heterocycles. The molecule has 0 aliphatic carbocycles. The van der Waals surface area contributed by atoms with Crippen molar-refractivity contribution in [3.63, 3.8) is 0 Å². The van der Waals surface area contributed by atoms with Crippen molar-refractivity contribution in [2.45, 2.75) is 26.5 Å². The molecule has 4 rings (SSSR count). The Labute approximate surface area is 209 Å². The van der Waals surface area contributed by atoms with Gasteiger partial charge in [0.15, 0.2) is 5.17 Å². The average molecular weight is 554 g/mol. The fourth-order valence-corrected chi connectivity index (χ4v) is 5.02. The van der Waals surface area contributed by atoms with Gasteiger partial charge in [0, 0.05) is 16.2 Å². The van der Waals surface area contributed by atoms with Crippen molar-refractivity contribution in [2.75, 3.05) is 6.61 Å². The number of nitrogens with zero attached hydrogens (tertiary/aromatic N) is 2. The van der Waals surface area contributed by atoms with E-state index < -0.39 is 12.0 Å². The first-order chi connectivity index (χ1) is 15.4. The number of halogens is 3. The lowest BCUT2D eigenvalue weighted by atomic mass is 9.94. The number of hydrogen-bond acceptors (Lipinski definition) is 6. The van der Waals surface area contributed by atoms with Gasteiger partial charge in [0.05, 0.1) is 34.0 Å². The molecule has 0 saturated carbocycles. The van der Waals surface area contributed by atoms with Crippen LogP contribution in [0.25, 0.3) is 0 Å². The summed E-state index contributed by atoms with van der Waals surface area (Å²) in [6, 6.07) is 10.7. The lowest BCUT2D eigenvalue weighted by molar-refractivity contribution is -0.139. The lowest BCUT2D eigenvalue weighted by Gasteiger charge is -2.34. The molecule has 0 unspecified atom stereocenters. The maximum absolute atomic E-state index is 12.9. The van der Waals surface area contributed by atoms with E-state index in [1.165, 1.54) is 11.8 Å². The van der Waals surface area contributed by atoms with Gasteiger partial charge in [0.1, 0.15) is 12.4 Å². The van der Waals surface area contributed by atoms with Crippen LogP contribution in [0.3, 0.4) is 0 Å². The Kier molecular flexibility index (Phi) is 7.20. The first kappa shape index (κ1) is 23.2. The topological polar surface area (TPSA) is 51.1 Å². The second kappa shape index (κ2) is 9.91. The van der Waals surface area contributed by atoms with Crippen molar-refractivity contribution >= 4 is 62.0 Å². The number of fused-ring (bicyclic) bond motifs is 1. The summed E-state index contributed by atoms with van der Waals surface area (Å²) in [6.45, 7) is 4.19. The van der Waals surface area contributed by atoms with Gasteiger partial charge >= 0.3 is 5.97 Å². The van der Waals surface area contributed by atoms with Gasteiger partial charge in [-0.1, -0.05) is 57.0 Å². The Morgan fingerprint density at radius 1 is 1.22 bits per heavy atom. The van der Waals surface area contributed by atoms with E-state index in [0.717, 1.165) is 20.8 Å². The third-order valence-electron chi connectivity index (χ3n) is 4.96. The first-order valence-corrected chi connectivity index (χ1v) is 12.3. The SMILES string of the molecule is CCOC(=O)C1=C(C)N=C2SC=CN2[C@@H]1c1cc(Br)ccc1OCc1ccc(Cl)c(Cl)c1. The van der Waals surface area contributed by atoms with E-state index in [4.69, 9.17) is 32.7 Å². The minimum atomic E-state index is -0.436. The smallest absolute Gasteiger partial charge is 0.338 e. The van der Waals surface area contributed by atoms with Crippen molar-refractivity contribution in [2.24, 2.45) is 4.99 Å². The number of benzene rings is 2. The molecule has 0 N–H and O–H groups in total. The van der Waals surface area contributed by atoms with E-state index >= 15 is 0 Å². The van der Waals surface area contributed by atoms with Gasteiger partial charge in [-0.05, 0) is 55.2 Å². The molecule has 0 bridgehead atoms. The van der Waals surface area contributed by atoms with Gasteiger partial charge in [-0.25, -0.2) is 9.79 Å². The zero-order valence-corrected chi connectivity index (χ0v) is 21.2. The van der Waals surface area contributed by atoms with Crippen LogP contribution in [0.4, 0.5) is 0 Å². The molecule has 0 saturated heterocycles. The van der Waals surface area contributed by atoms with Crippen LogP contribution in [0.1, 0.15) is 31.0 Å². The molecule has 1 atom stereocenters. The number of aliphatic imine (C=N–C) groups is 1. The number of rotatable bonds is 6. The van der Waals surface area contributed by atoms with Gasteiger partial charge < -0.3 is 14.4 Å². The molecule has 2 aliphatic heterocycles. The van der Waals surface area contributed by atoms with Crippen LogP contribution >= 0.6 is 50.9 Å². The second-order valence-corrected chi connectivity index (χ2v) is 9.65. The number of hydrogen-bond donors (Lipinski definition) is 0. The maximum Gasteiger partial charge on any atom is 0.338 e. The Balaban J connectivity index is 1.74. The summed E-state index contributed by atoms with van der Waals surface area (Å²) in [5.41, 5.74) is 2.82. The second-order valence-electron chi connectivity index (χ2n) is 7.05. The van der Waals surface area contributed by atoms with E-state index in [9.17, 15) is 4.79 Å². The fraction of sp³-hybridized carbons (Fsp3) is 0.217. The molecule has 0 spiro atoms. The molecule has 5 nitrogen and oxygen atoms in total. The van der Waals surface area contributed by atoms with Crippen LogP contribution < -0.4 is 4.74 Å². The van der Waals surface area contributed by atoms with Crippen molar-refractivity contribution in [3.8, 4) is 5.75 Å². The molecule has 0 aromatic heterocycles. The standard InChI is InChI=1S/C23H19BrCl2N2O3S/c1-3-30-22(29)20-13(2)27-23-28(8-9-32-23)21(20)16-11-15(24)5-7-19(16)31-12-14-4-6-17(25)18(26)10-14/h4-11,21H,3,12H2,1-2H3/t21-/m1/s1. The summed E-state index contributed by atoms with van der Waals surface area (Å²) in [6.07, 6.45) is 1.92. The molecular weight excluding hydrogens is 535 g/mol. The summed E-state index contributed by atoms with van der Waals surface area (Å²) in [4.78, 5) is 19.5. The van der Waals surface area contributed by atoms with Gasteiger partial charge in [0.2, 0.25) is 0 Å². The largest absolute Gasteiger partial charge is 0.489 e. The number of carbonyl (C=O) groups excluding carboxylic acids is 1. The van der Waals surface area contributed by atoms with E-state index in [-0.39, 0.29) is 6.61 Å². The van der Waals surface area contributed by atoms with Gasteiger partial charge in [-0.15, -0.1) is 0 Å². The molecule has 0 fully saturated rings. The lowest BCUT2D eigenvalue weighted by Crippen LogP contribution is -2.34. The molecule has 0 radical (unpaired) electrons. The first-order valence-electron chi connectivity index (χ1n) is 9.83. The summed E-state index contributed by atoms with van der Waals surface area (Å²) in [5, 5.41) is 3.71. The van der Waals surface area contributed by atoms with E-state index in [1.54, 1.807) is 19.1 Å². The van der Waals surface area contributed by atoms with Crippen LogP contribution in [0.2, 0.25) is 10.0 Å². The highest BCUT2D eigenvalue weighted by Gasteiger charge is 2.39. The van der Waals surface area contributed by atoms with Crippen molar-refractivity contribution in [3.05, 3.63) is 84.9 Å². The molecule has 2 aromatic rings. The Hall–Kier alpha value is -1.93. The fourth-order valence-electron chi connectivity index (χ4n) is 3.53. The maximum atomic E-state index is 12.9. The molecule has 166 valence electrons. The zero-order chi connectivity index (χ0) is 22.8. The molecule has 32 heavy (non-hydrogen) atoms. The summed E-state index contributed by atoms with van der Waals surface area (Å²) in [7, 11) is 0. The normalized spacial score (nSPS) is 17.3. The third kappa shape index (κ3) is 4.71. The summed E-state index contributed by atoms with van der Waals surface area (Å²) < 4.78 is 12.4. The third-order valence-corrected chi connectivity index (χ3v) is 6.96. The minimum absolute atomic E-state index is 0.280. The van der Waals surface area contributed by atoms with E-state index in [2.05, 4.69) is 20.9 Å². The number of amidine groups is 1. The van der Waals surface area contributed by atoms with Crippen molar-refractivity contribution in [1.82, 2.24) is 4.90 Å². The van der Waals surface area contributed by atoms with E-state index in [0.29, 0.717) is 33.7 Å². The molecular formula is C23H19BrCl2N2O3S. The van der Waals surface area contributed by atoms with Gasteiger partial charge in [-0.3, -0.25) is 0 Å². The van der Waals surface area contributed by atoms with Gasteiger partial charge in [-0.2, -0.15) is 0 Å². The minimum Gasteiger partial charge on any atom is -0.489 e. The number of carbonyl (C=O) groups is 1. The molecule has 2 aromatic carbocycles. The monoisotopic (exact) mass is 552 g/mol. The highest BCUT2D eigenvalue weighted by Crippen LogP contribution is 2.44. The van der Waals surface area contributed by atoms with Crippen molar-refractivity contribution < 1.29 is 14.3 Å². The Morgan fingerprint density at radius 2 is 2.03 bits per heavy atom. The van der Waals surface area contributed by atoms with Crippen LogP contribution in [0.15, 0.2) is 68.7 Å². The summed E-state index contributed by atoms with van der Waals surface area (Å²) in [5.74, 6) is 0.254. The zero-order valence-electron chi connectivity index (χ0n) is 17.3. The predicted octanol–water partition coefficient (Wildman–Crippen LogP) is 7.10. The highest BCUT2D eigenvalue weighted by molar-refractivity contribution is 9.10. The number of allylic oxidation sites excluding steroid dienone is 1. The van der Waals surface area contributed by atoms with Crippen molar-refractivity contribution in [1.29, 1.82) is 0 Å². The Bertz CT molecular complexity index is 1170. The van der Waals surface area contributed by atoms with Crippen LogP contribution in [-0.4, -0.2) is 22.6 Å². The molecule has 0 amide bonds. The molecule has 2 aliphatic rings. The Morgan fingerprint density at radius 3 is 2.78 bits per heavy atom. The number of esters is 1. The molecule has 9 heteroatoms. The number of ether oxygens (including phenoxy) is 2. The van der Waals surface area contributed by atoms with Crippen LogP contribution in [0.5, 0.6) is 5.75 Å². The predicted molar refractivity (Wildman–Crippen MR) is 133 cm³/mol. The van der Waals surface area contributed by atoms with E-state index in [1.807, 2.05) is 47.7 Å². The average Bonchev–Trinajstić information content (AvgIpc) is 3.22. The number of thioether (sulfide) groups is 1. The highest BCUT2D eigenvalue weighted by atomic mass is 79.9. The quantitative estimate of drug-likeness (QED) is 0.357. The van der Waals surface area contributed by atoms with Crippen LogP contribution in [0, 0.1) is 0 Å². The summed E-state index contributed by atoms with van der Waals surface area (Å²) >= 11 is 17.2. The van der Waals surface area contributed by atoms with Crippen LogP contribution in [-0.2, 0) is 16.1 Å².